The molecule has 0 saturated heterocycles. The van der Waals surface area contributed by atoms with Gasteiger partial charge in [-0.05, 0) is 97.7 Å². The molecule has 4 aliphatic carbocycles. The van der Waals surface area contributed by atoms with E-state index in [2.05, 4.69) is 20.8 Å². The van der Waals surface area contributed by atoms with Crippen molar-refractivity contribution in [3.05, 3.63) is 0 Å². The van der Waals surface area contributed by atoms with Gasteiger partial charge in [0.25, 0.3) is 0 Å². The van der Waals surface area contributed by atoms with Crippen molar-refractivity contribution in [1.29, 1.82) is 0 Å². The van der Waals surface area contributed by atoms with Crippen LogP contribution in [0.3, 0.4) is 0 Å². The zero-order valence-electron chi connectivity index (χ0n) is 18.6. The average molecular weight is 391 g/mol. The topological polar surface area (TPSA) is 46.5 Å². The van der Waals surface area contributed by atoms with Crippen molar-refractivity contribution in [1.82, 2.24) is 0 Å². The van der Waals surface area contributed by atoms with Gasteiger partial charge < -0.3 is 9.84 Å². The largest absolute Gasteiger partial charge is 0.469 e. The first kappa shape index (κ1) is 20.7. The summed E-state index contributed by atoms with van der Waals surface area (Å²) in [5.41, 5.74) is 0.507. The Hall–Kier alpha value is -0.570. The van der Waals surface area contributed by atoms with Gasteiger partial charge in [0.05, 0.1) is 13.2 Å². The van der Waals surface area contributed by atoms with Crippen molar-refractivity contribution in [3.8, 4) is 0 Å². The third-order valence-corrected chi connectivity index (χ3v) is 10.5. The van der Waals surface area contributed by atoms with Crippen LogP contribution in [0.15, 0.2) is 0 Å². The van der Waals surface area contributed by atoms with E-state index in [0.717, 1.165) is 30.6 Å². The van der Waals surface area contributed by atoms with Crippen LogP contribution in [0.5, 0.6) is 0 Å². The number of hydrogen-bond acceptors (Lipinski definition) is 3. The number of ether oxygens (including phenoxy) is 1. The second-order valence-electron chi connectivity index (χ2n) is 11.3. The number of carbonyl (C=O) groups excluding carboxylic acids is 1. The van der Waals surface area contributed by atoms with Gasteiger partial charge in [0.1, 0.15) is 0 Å². The molecule has 0 bridgehead atoms. The number of aliphatic hydroxyl groups is 1. The lowest BCUT2D eigenvalue weighted by Gasteiger charge is -2.62. The molecular formula is C25H42O3. The fourth-order valence-electron chi connectivity index (χ4n) is 8.87. The van der Waals surface area contributed by atoms with E-state index in [1.807, 2.05) is 0 Å². The van der Waals surface area contributed by atoms with Crippen molar-refractivity contribution in [2.45, 2.75) is 97.5 Å². The van der Waals surface area contributed by atoms with E-state index in [4.69, 9.17) is 4.74 Å². The second kappa shape index (κ2) is 7.60. The highest BCUT2D eigenvalue weighted by Crippen LogP contribution is 2.68. The van der Waals surface area contributed by atoms with Gasteiger partial charge >= 0.3 is 5.97 Å². The lowest BCUT2D eigenvalue weighted by molar-refractivity contribution is -0.168. The normalized spacial score (nSPS) is 48.9. The number of hydrogen-bond donors (Lipinski definition) is 1. The second-order valence-corrected chi connectivity index (χ2v) is 11.3. The predicted octanol–water partition coefficient (Wildman–Crippen LogP) is 5.60. The van der Waals surface area contributed by atoms with E-state index in [9.17, 15) is 9.90 Å². The van der Waals surface area contributed by atoms with Crippen LogP contribution in [0.4, 0.5) is 0 Å². The third kappa shape index (κ3) is 3.06. The van der Waals surface area contributed by atoms with Crippen molar-refractivity contribution >= 4 is 5.97 Å². The Bertz CT molecular complexity index is 588. The SMILES string of the molecule is COC(=O)CC[C@H](C)[C@H]1CCC2C3CCC4CCCC[C@]4(C)C3C[C@H](O)[C@@]21C. The molecule has 4 fully saturated rings. The molecule has 160 valence electrons. The smallest absolute Gasteiger partial charge is 0.305 e. The average Bonchev–Trinajstić information content (AvgIpc) is 3.05. The molecule has 0 amide bonds. The minimum Gasteiger partial charge on any atom is -0.469 e. The lowest BCUT2D eigenvalue weighted by Crippen LogP contribution is -2.58. The van der Waals surface area contributed by atoms with Crippen LogP contribution < -0.4 is 0 Å². The molecule has 1 N–H and O–H groups in total. The predicted molar refractivity (Wildman–Crippen MR) is 112 cm³/mol. The highest BCUT2D eigenvalue weighted by Gasteiger charge is 2.63. The number of aliphatic hydroxyl groups excluding tert-OH is 1. The summed E-state index contributed by atoms with van der Waals surface area (Å²) in [6.45, 7) is 7.29. The molecule has 3 nitrogen and oxygen atoms in total. The molecule has 28 heavy (non-hydrogen) atoms. The Morgan fingerprint density at radius 1 is 1.11 bits per heavy atom. The molecule has 0 radical (unpaired) electrons. The molecule has 0 aromatic heterocycles. The lowest BCUT2D eigenvalue weighted by atomic mass is 9.44. The Balaban J connectivity index is 1.54. The highest BCUT2D eigenvalue weighted by molar-refractivity contribution is 5.69. The highest BCUT2D eigenvalue weighted by atomic mass is 16.5. The fraction of sp³-hybridized carbons (Fsp3) is 0.960. The Morgan fingerprint density at radius 3 is 2.64 bits per heavy atom. The van der Waals surface area contributed by atoms with Crippen LogP contribution in [-0.2, 0) is 9.53 Å². The number of esters is 1. The minimum absolute atomic E-state index is 0.0363. The number of fused-ring (bicyclic) bond motifs is 5. The van der Waals surface area contributed by atoms with Gasteiger partial charge in [0.15, 0.2) is 0 Å². The van der Waals surface area contributed by atoms with Gasteiger partial charge in [-0.2, -0.15) is 0 Å². The van der Waals surface area contributed by atoms with Crippen molar-refractivity contribution in [2.75, 3.05) is 7.11 Å². The molecule has 0 heterocycles. The molecule has 9 atom stereocenters. The van der Waals surface area contributed by atoms with Gasteiger partial charge in [-0.25, -0.2) is 0 Å². The summed E-state index contributed by atoms with van der Waals surface area (Å²) < 4.78 is 4.86. The van der Waals surface area contributed by atoms with Crippen LogP contribution in [0.25, 0.3) is 0 Å². The zero-order chi connectivity index (χ0) is 20.1. The van der Waals surface area contributed by atoms with E-state index in [1.54, 1.807) is 0 Å². The van der Waals surface area contributed by atoms with Crippen LogP contribution in [-0.4, -0.2) is 24.3 Å². The molecule has 0 aromatic carbocycles. The Kier molecular flexibility index (Phi) is 5.61. The zero-order valence-corrected chi connectivity index (χ0v) is 18.6. The molecule has 3 heteroatoms. The number of carbonyl (C=O) groups is 1. The maximum absolute atomic E-state index is 11.6. The van der Waals surface area contributed by atoms with E-state index in [1.165, 1.54) is 58.5 Å². The van der Waals surface area contributed by atoms with Gasteiger partial charge in [-0.3, -0.25) is 4.79 Å². The van der Waals surface area contributed by atoms with E-state index in [-0.39, 0.29) is 17.5 Å². The maximum Gasteiger partial charge on any atom is 0.305 e. The number of rotatable bonds is 4. The quantitative estimate of drug-likeness (QED) is 0.636. The van der Waals surface area contributed by atoms with Crippen molar-refractivity contribution in [3.63, 3.8) is 0 Å². The van der Waals surface area contributed by atoms with Crippen molar-refractivity contribution < 1.29 is 14.6 Å². The summed E-state index contributed by atoms with van der Waals surface area (Å²) in [4.78, 5) is 11.6. The molecule has 0 spiro atoms. The molecule has 0 aromatic rings. The standard InChI is InChI=1S/C25H42O3/c1-16(8-13-23(27)28-4)19-11-12-20-18-10-9-17-7-5-6-14-24(17,2)21(18)15-22(26)25(19,20)3/h16-22,26H,5-15H2,1-4H3/t16-,17?,18?,19+,20?,21?,22-,24-,25+/m0/s1. The summed E-state index contributed by atoms with van der Waals surface area (Å²) in [6.07, 6.45) is 13.2. The first-order chi connectivity index (χ1) is 13.3. The Labute approximate surface area is 172 Å². The van der Waals surface area contributed by atoms with E-state index in [0.29, 0.717) is 29.6 Å². The van der Waals surface area contributed by atoms with E-state index >= 15 is 0 Å². The monoisotopic (exact) mass is 390 g/mol. The van der Waals surface area contributed by atoms with E-state index < -0.39 is 0 Å². The van der Waals surface area contributed by atoms with Crippen molar-refractivity contribution in [2.24, 2.45) is 46.3 Å². The first-order valence-electron chi connectivity index (χ1n) is 12.1. The molecule has 4 saturated carbocycles. The van der Waals surface area contributed by atoms with Gasteiger partial charge in [-0.15, -0.1) is 0 Å². The first-order valence-corrected chi connectivity index (χ1v) is 12.1. The third-order valence-electron chi connectivity index (χ3n) is 10.5. The van der Waals surface area contributed by atoms with Gasteiger partial charge in [0.2, 0.25) is 0 Å². The molecule has 4 unspecified atom stereocenters. The minimum atomic E-state index is -0.177. The summed E-state index contributed by atoms with van der Waals surface area (Å²) in [5, 5.41) is 11.5. The fourth-order valence-corrected chi connectivity index (χ4v) is 8.87. The van der Waals surface area contributed by atoms with Crippen LogP contribution in [0, 0.1) is 46.3 Å². The molecule has 4 rings (SSSR count). The molecule has 4 aliphatic rings. The van der Waals surface area contributed by atoms with Crippen LogP contribution in [0.1, 0.15) is 91.4 Å². The van der Waals surface area contributed by atoms with Crippen LogP contribution in [0.2, 0.25) is 0 Å². The summed E-state index contributed by atoms with van der Waals surface area (Å²) in [5.74, 6) is 4.02. The number of methoxy groups -OCH3 is 1. The summed E-state index contributed by atoms with van der Waals surface area (Å²) in [6, 6.07) is 0. The molecule has 0 aliphatic heterocycles. The summed E-state index contributed by atoms with van der Waals surface area (Å²) >= 11 is 0. The maximum atomic E-state index is 11.6. The van der Waals surface area contributed by atoms with Gasteiger partial charge in [-0.1, -0.05) is 33.6 Å². The summed E-state index contributed by atoms with van der Waals surface area (Å²) in [7, 11) is 1.48. The van der Waals surface area contributed by atoms with Gasteiger partial charge in [0, 0.05) is 6.42 Å². The van der Waals surface area contributed by atoms with Crippen LogP contribution >= 0.6 is 0 Å². The Morgan fingerprint density at radius 2 is 1.89 bits per heavy atom. The molecular weight excluding hydrogens is 348 g/mol.